The summed E-state index contributed by atoms with van der Waals surface area (Å²) in [6.45, 7) is 0. The highest BCUT2D eigenvalue weighted by Crippen LogP contribution is 2.29. The van der Waals surface area contributed by atoms with Gasteiger partial charge in [0.15, 0.2) is 11.6 Å². The van der Waals surface area contributed by atoms with Gasteiger partial charge < -0.3 is 10.1 Å². The van der Waals surface area contributed by atoms with Crippen LogP contribution in [-0.2, 0) is 4.79 Å². The van der Waals surface area contributed by atoms with E-state index in [9.17, 15) is 9.18 Å². The molecule has 6 heteroatoms. The summed E-state index contributed by atoms with van der Waals surface area (Å²) in [5, 5.41) is 2.53. The molecular formula is C16H10FNO2S2. The Hall–Kier alpha value is -2.18. The fourth-order valence-electron chi connectivity index (χ4n) is 1.88. The van der Waals surface area contributed by atoms with Crippen LogP contribution in [0.15, 0.2) is 53.4 Å². The lowest BCUT2D eigenvalue weighted by Gasteiger charge is -2.07. The molecule has 1 saturated heterocycles. The maximum absolute atomic E-state index is 13.9. The number of thioether (sulfide) groups is 1. The number of ether oxygens (including phenoxy) is 1. The number of hydrogen-bond donors (Lipinski definition) is 1. The first-order chi connectivity index (χ1) is 10.6. The summed E-state index contributed by atoms with van der Waals surface area (Å²) in [5.41, 5.74) is 0.662. The number of rotatable bonds is 3. The highest BCUT2D eigenvalue weighted by atomic mass is 32.2. The summed E-state index contributed by atoms with van der Waals surface area (Å²) in [7, 11) is 0. The first kappa shape index (κ1) is 14.7. The second-order valence-electron chi connectivity index (χ2n) is 4.46. The molecule has 0 spiro atoms. The average Bonchev–Trinajstić information content (AvgIpc) is 2.81. The maximum atomic E-state index is 13.9. The van der Waals surface area contributed by atoms with Crippen LogP contribution in [0, 0.1) is 5.82 Å². The Balaban J connectivity index is 1.88. The molecule has 1 heterocycles. The predicted molar refractivity (Wildman–Crippen MR) is 89.2 cm³/mol. The van der Waals surface area contributed by atoms with Gasteiger partial charge >= 0.3 is 0 Å². The number of amides is 1. The molecule has 0 bridgehead atoms. The third kappa shape index (κ3) is 3.35. The van der Waals surface area contributed by atoms with Crippen LogP contribution in [0.4, 0.5) is 4.39 Å². The molecule has 110 valence electrons. The Kier molecular flexibility index (Phi) is 4.22. The molecule has 3 nitrogen and oxygen atoms in total. The van der Waals surface area contributed by atoms with Crippen molar-refractivity contribution in [3.8, 4) is 11.5 Å². The van der Waals surface area contributed by atoms with Crippen molar-refractivity contribution in [3.05, 3.63) is 64.8 Å². The van der Waals surface area contributed by atoms with Gasteiger partial charge in [0.25, 0.3) is 5.91 Å². The number of para-hydroxylation sites is 1. The van der Waals surface area contributed by atoms with Gasteiger partial charge in [-0.2, -0.15) is 0 Å². The second kappa shape index (κ2) is 6.29. The summed E-state index contributed by atoms with van der Waals surface area (Å²) in [6, 6.07) is 13.4. The van der Waals surface area contributed by atoms with Crippen LogP contribution in [0.3, 0.4) is 0 Å². The predicted octanol–water partition coefficient (Wildman–Crippen LogP) is 4.11. The number of hydrogen-bond acceptors (Lipinski definition) is 4. The SMILES string of the molecule is O=C1NC(=S)S/C1=C\c1ccc(F)c(Oc2ccccc2)c1. The second-order valence-corrected chi connectivity index (χ2v) is 6.18. The molecule has 1 fully saturated rings. The van der Waals surface area contributed by atoms with Gasteiger partial charge in [0.2, 0.25) is 0 Å². The van der Waals surface area contributed by atoms with Crippen molar-refractivity contribution in [2.45, 2.75) is 0 Å². The lowest BCUT2D eigenvalue weighted by Crippen LogP contribution is -2.17. The smallest absolute Gasteiger partial charge is 0.263 e. The molecule has 3 rings (SSSR count). The van der Waals surface area contributed by atoms with E-state index in [1.807, 2.05) is 6.07 Å². The van der Waals surface area contributed by atoms with E-state index in [0.29, 0.717) is 20.5 Å². The van der Waals surface area contributed by atoms with Gasteiger partial charge in [-0.05, 0) is 35.9 Å². The Bertz CT molecular complexity index is 775. The standard InChI is InChI=1S/C16H10FNO2S2/c17-12-7-6-10(9-14-15(19)18-16(21)22-14)8-13(12)20-11-4-2-1-3-5-11/h1-9H,(H,18,19,21)/b14-9-. The fraction of sp³-hybridized carbons (Fsp3) is 0. The first-order valence-corrected chi connectivity index (χ1v) is 7.61. The third-order valence-electron chi connectivity index (χ3n) is 2.87. The highest BCUT2D eigenvalue weighted by molar-refractivity contribution is 8.26. The monoisotopic (exact) mass is 331 g/mol. The lowest BCUT2D eigenvalue weighted by atomic mass is 10.2. The van der Waals surface area contributed by atoms with Crippen molar-refractivity contribution in [2.75, 3.05) is 0 Å². The molecule has 22 heavy (non-hydrogen) atoms. The fourth-order valence-corrected chi connectivity index (χ4v) is 2.92. The van der Waals surface area contributed by atoms with Crippen LogP contribution in [0.1, 0.15) is 5.56 Å². The largest absolute Gasteiger partial charge is 0.454 e. The number of nitrogens with one attached hydrogen (secondary N) is 1. The Morgan fingerprint density at radius 2 is 1.95 bits per heavy atom. The Morgan fingerprint density at radius 3 is 2.64 bits per heavy atom. The molecule has 0 aliphatic carbocycles. The molecule has 1 aliphatic rings. The van der Waals surface area contributed by atoms with Gasteiger partial charge in [-0.25, -0.2) is 4.39 Å². The molecule has 0 unspecified atom stereocenters. The summed E-state index contributed by atoms with van der Waals surface area (Å²) in [5.74, 6) is -0.0678. The number of halogens is 1. The van der Waals surface area contributed by atoms with Crippen molar-refractivity contribution in [1.82, 2.24) is 5.32 Å². The van der Waals surface area contributed by atoms with Crippen LogP contribution >= 0.6 is 24.0 Å². The molecule has 0 atom stereocenters. The Morgan fingerprint density at radius 1 is 1.18 bits per heavy atom. The highest BCUT2D eigenvalue weighted by Gasteiger charge is 2.22. The van der Waals surface area contributed by atoms with Gasteiger partial charge in [0, 0.05) is 0 Å². The van der Waals surface area contributed by atoms with Crippen LogP contribution in [0.2, 0.25) is 0 Å². The molecule has 1 amide bonds. The third-order valence-corrected chi connectivity index (χ3v) is 4.03. The minimum absolute atomic E-state index is 0.103. The zero-order chi connectivity index (χ0) is 15.5. The van der Waals surface area contributed by atoms with Crippen LogP contribution in [0.25, 0.3) is 6.08 Å². The maximum Gasteiger partial charge on any atom is 0.263 e. The molecule has 0 aromatic heterocycles. The molecule has 1 N–H and O–H groups in total. The van der Waals surface area contributed by atoms with Gasteiger partial charge in [0.1, 0.15) is 10.1 Å². The minimum Gasteiger partial charge on any atom is -0.454 e. The number of carbonyl (C=O) groups excluding carboxylic acids is 1. The van der Waals surface area contributed by atoms with Gasteiger partial charge in [-0.3, -0.25) is 4.79 Å². The van der Waals surface area contributed by atoms with E-state index < -0.39 is 5.82 Å². The van der Waals surface area contributed by atoms with E-state index in [-0.39, 0.29) is 11.7 Å². The zero-order valence-corrected chi connectivity index (χ0v) is 12.8. The molecule has 0 saturated carbocycles. The number of carbonyl (C=O) groups is 1. The van der Waals surface area contributed by atoms with Crippen molar-refractivity contribution < 1.29 is 13.9 Å². The first-order valence-electron chi connectivity index (χ1n) is 6.39. The number of benzene rings is 2. The van der Waals surface area contributed by atoms with Crippen LogP contribution < -0.4 is 10.1 Å². The number of thiocarbonyl (C=S) groups is 1. The Labute approximate surface area is 136 Å². The molecule has 1 aliphatic heterocycles. The van der Waals surface area contributed by atoms with E-state index in [0.717, 1.165) is 0 Å². The van der Waals surface area contributed by atoms with Gasteiger partial charge in [-0.1, -0.05) is 48.2 Å². The van der Waals surface area contributed by atoms with E-state index in [4.69, 9.17) is 17.0 Å². The normalized spacial score (nSPS) is 16.0. The van der Waals surface area contributed by atoms with Crippen molar-refractivity contribution in [3.63, 3.8) is 0 Å². The summed E-state index contributed by atoms with van der Waals surface area (Å²) < 4.78 is 19.8. The minimum atomic E-state index is -0.468. The average molecular weight is 331 g/mol. The van der Waals surface area contributed by atoms with Crippen molar-refractivity contribution in [1.29, 1.82) is 0 Å². The topological polar surface area (TPSA) is 38.3 Å². The van der Waals surface area contributed by atoms with E-state index in [1.165, 1.54) is 17.8 Å². The zero-order valence-electron chi connectivity index (χ0n) is 11.2. The molecular weight excluding hydrogens is 321 g/mol. The molecule has 2 aromatic carbocycles. The van der Waals surface area contributed by atoms with E-state index in [1.54, 1.807) is 42.5 Å². The lowest BCUT2D eigenvalue weighted by molar-refractivity contribution is -0.115. The van der Waals surface area contributed by atoms with Crippen LogP contribution in [0.5, 0.6) is 11.5 Å². The van der Waals surface area contributed by atoms with Gasteiger partial charge in [-0.15, -0.1) is 0 Å². The molecule has 2 aromatic rings. The van der Waals surface area contributed by atoms with E-state index >= 15 is 0 Å². The van der Waals surface area contributed by atoms with Gasteiger partial charge in [0.05, 0.1) is 4.91 Å². The summed E-state index contributed by atoms with van der Waals surface area (Å²) in [6.07, 6.45) is 1.65. The summed E-state index contributed by atoms with van der Waals surface area (Å²) >= 11 is 6.11. The van der Waals surface area contributed by atoms with Crippen molar-refractivity contribution in [2.24, 2.45) is 0 Å². The summed E-state index contributed by atoms with van der Waals surface area (Å²) in [4.78, 5) is 12.1. The van der Waals surface area contributed by atoms with Crippen molar-refractivity contribution >= 4 is 40.3 Å². The molecule has 0 radical (unpaired) electrons. The quantitative estimate of drug-likeness (QED) is 0.679. The van der Waals surface area contributed by atoms with Crippen LogP contribution in [-0.4, -0.2) is 10.2 Å². The van der Waals surface area contributed by atoms with E-state index in [2.05, 4.69) is 5.32 Å².